The van der Waals surface area contributed by atoms with Crippen LogP contribution in [0.15, 0.2) is 78.5 Å². The molecule has 2 N–H and O–H groups in total. The summed E-state index contributed by atoms with van der Waals surface area (Å²) in [5.41, 5.74) is 2.32. The molecule has 0 saturated heterocycles. The average molecular weight is 462 g/mol. The van der Waals surface area contributed by atoms with Crippen molar-refractivity contribution in [3.63, 3.8) is 0 Å². The maximum absolute atomic E-state index is 13.5. The van der Waals surface area contributed by atoms with Crippen molar-refractivity contribution >= 4 is 52.0 Å². The van der Waals surface area contributed by atoms with Crippen LogP contribution < -0.4 is 20.3 Å². The molecule has 166 valence electrons. The zero-order chi connectivity index (χ0) is 23.5. The summed E-state index contributed by atoms with van der Waals surface area (Å²) >= 11 is 6.11. The lowest BCUT2D eigenvalue weighted by Gasteiger charge is -2.16. The molecule has 0 saturated carbocycles. The minimum atomic E-state index is -0.519. The molecule has 8 heteroatoms. The molecule has 1 heterocycles. The van der Waals surface area contributed by atoms with Crippen molar-refractivity contribution in [3.05, 3.63) is 89.1 Å². The van der Waals surface area contributed by atoms with Gasteiger partial charge in [-0.3, -0.25) is 14.4 Å². The molecule has 3 amide bonds. The molecule has 0 spiro atoms. The van der Waals surface area contributed by atoms with E-state index in [1.807, 2.05) is 0 Å². The fraction of sp³-hybridized carbons (Fsp3) is 0.0800. The van der Waals surface area contributed by atoms with Gasteiger partial charge in [-0.1, -0.05) is 35.9 Å². The number of nitrogens with one attached hydrogen (secondary N) is 2. The zero-order valence-corrected chi connectivity index (χ0v) is 18.6. The van der Waals surface area contributed by atoms with Crippen LogP contribution in [0.4, 0.5) is 17.1 Å². The first-order valence-electron chi connectivity index (χ1n) is 10.1. The summed E-state index contributed by atoms with van der Waals surface area (Å²) in [7, 11) is 1.50. The molecule has 1 aliphatic heterocycles. The van der Waals surface area contributed by atoms with E-state index in [0.717, 1.165) is 4.90 Å². The standard InChI is InChI=1S/C25H20ClN3O4/c1-15(30)27-17-10-12-18(13-11-17)28-23-22(20-8-3-4-9-21(20)33-2)24(31)29(25(23)32)19-7-5-6-16(26)14-19/h3-14,28H,1-2H3,(H,27,30). The quantitative estimate of drug-likeness (QED) is 0.519. The van der Waals surface area contributed by atoms with Gasteiger partial charge < -0.3 is 15.4 Å². The van der Waals surface area contributed by atoms with Crippen LogP contribution in [-0.4, -0.2) is 24.8 Å². The molecule has 4 rings (SSSR count). The van der Waals surface area contributed by atoms with Crippen molar-refractivity contribution in [2.24, 2.45) is 0 Å². The van der Waals surface area contributed by atoms with Gasteiger partial charge in [-0.15, -0.1) is 0 Å². The minimum Gasteiger partial charge on any atom is -0.496 e. The Kier molecular flexibility index (Phi) is 6.15. The number of rotatable bonds is 6. The lowest BCUT2D eigenvalue weighted by Crippen LogP contribution is -2.32. The topological polar surface area (TPSA) is 87.7 Å². The van der Waals surface area contributed by atoms with E-state index in [9.17, 15) is 14.4 Å². The Morgan fingerprint density at radius 1 is 0.909 bits per heavy atom. The maximum atomic E-state index is 13.5. The van der Waals surface area contributed by atoms with E-state index in [1.165, 1.54) is 14.0 Å². The first-order chi connectivity index (χ1) is 15.9. The molecule has 3 aromatic rings. The van der Waals surface area contributed by atoms with Crippen molar-refractivity contribution in [2.45, 2.75) is 6.92 Å². The number of para-hydroxylation sites is 1. The second-order valence-corrected chi connectivity index (χ2v) is 7.70. The van der Waals surface area contributed by atoms with Gasteiger partial charge in [0.05, 0.1) is 18.4 Å². The third-order valence-electron chi connectivity index (χ3n) is 5.00. The van der Waals surface area contributed by atoms with Crippen molar-refractivity contribution in [1.29, 1.82) is 0 Å². The molecule has 0 radical (unpaired) electrons. The summed E-state index contributed by atoms with van der Waals surface area (Å²) in [4.78, 5) is 39.4. The SMILES string of the molecule is COc1ccccc1C1=C(Nc2ccc(NC(C)=O)cc2)C(=O)N(c2cccc(Cl)c2)C1=O. The number of hydrogen-bond acceptors (Lipinski definition) is 5. The van der Waals surface area contributed by atoms with E-state index >= 15 is 0 Å². The number of carbonyl (C=O) groups is 3. The number of carbonyl (C=O) groups excluding carboxylic acids is 3. The van der Waals surface area contributed by atoms with Crippen LogP contribution in [-0.2, 0) is 14.4 Å². The number of benzene rings is 3. The van der Waals surface area contributed by atoms with Gasteiger partial charge in [-0.05, 0) is 48.5 Å². The summed E-state index contributed by atoms with van der Waals surface area (Å²) in [5.74, 6) is -0.745. The van der Waals surface area contributed by atoms with Crippen molar-refractivity contribution in [2.75, 3.05) is 22.6 Å². The molecule has 33 heavy (non-hydrogen) atoms. The van der Waals surface area contributed by atoms with Crippen LogP contribution in [0.5, 0.6) is 5.75 Å². The summed E-state index contributed by atoms with van der Waals surface area (Å²) in [5, 5.41) is 6.17. The largest absolute Gasteiger partial charge is 0.496 e. The third-order valence-corrected chi connectivity index (χ3v) is 5.24. The smallest absolute Gasteiger partial charge is 0.282 e. The minimum absolute atomic E-state index is 0.108. The van der Waals surface area contributed by atoms with E-state index in [2.05, 4.69) is 10.6 Å². The molecule has 3 aromatic carbocycles. The second-order valence-electron chi connectivity index (χ2n) is 7.26. The lowest BCUT2D eigenvalue weighted by atomic mass is 10.0. The number of halogens is 1. The van der Waals surface area contributed by atoms with Gasteiger partial charge in [0.25, 0.3) is 11.8 Å². The number of nitrogens with zero attached hydrogens (tertiary/aromatic N) is 1. The fourth-order valence-corrected chi connectivity index (χ4v) is 3.77. The summed E-state index contributed by atoms with van der Waals surface area (Å²) in [6.45, 7) is 1.42. The second kappa shape index (κ2) is 9.18. The molecule has 7 nitrogen and oxygen atoms in total. The van der Waals surface area contributed by atoms with Crippen LogP contribution in [0.3, 0.4) is 0 Å². The van der Waals surface area contributed by atoms with Gasteiger partial charge >= 0.3 is 0 Å². The molecular formula is C25H20ClN3O4. The number of imide groups is 1. The van der Waals surface area contributed by atoms with Crippen LogP contribution in [0, 0.1) is 0 Å². The molecular weight excluding hydrogens is 442 g/mol. The predicted octanol–water partition coefficient (Wildman–Crippen LogP) is 4.70. The van der Waals surface area contributed by atoms with E-state index < -0.39 is 11.8 Å². The van der Waals surface area contributed by atoms with Gasteiger partial charge in [0.1, 0.15) is 11.4 Å². The highest BCUT2D eigenvalue weighted by Crippen LogP contribution is 2.37. The molecule has 0 atom stereocenters. The molecule has 0 aromatic heterocycles. The molecule has 1 aliphatic rings. The lowest BCUT2D eigenvalue weighted by molar-refractivity contribution is -0.120. The highest BCUT2D eigenvalue weighted by atomic mass is 35.5. The van der Waals surface area contributed by atoms with Crippen LogP contribution >= 0.6 is 11.6 Å². The summed E-state index contributed by atoms with van der Waals surface area (Å²) in [6, 6.07) is 20.4. The van der Waals surface area contributed by atoms with E-state index in [4.69, 9.17) is 16.3 Å². The first kappa shape index (κ1) is 22.1. The number of hydrogen-bond donors (Lipinski definition) is 2. The van der Waals surface area contributed by atoms with Crippen molar-refractivity contribution in [3.8, 4) is 5.75 Å². The van der Waals surface area contributed by atoms with E-state index in [-0.39, 0.29) is 17.2 Å². The normalized spacial score (nSPS) is 13.4. The molecule has 0 unspecified atom stereocenters. The predicted molar refractivity (Wildman–Crippen MR) is 128 cm³/mol. The monoisotopic (exact) mass is 461 g/mol. The molecule has 0 bridgehead atoms. The Bertz CT molecular complexity index is 1280. The number of methoxy groups -OCH3 is 1. The Morgan fingerprint density at radius 2 is 1.61 bits per heavy atom. The fourth-order valence-electron chi connectivity index (χ4n) is 3.58. The number of anilines is 3. The Hall–Kier alpha value is -4.10. The third kappa shape index (κ3) is 4.44. The van der Waals surface area contributed by atoms with E-state index in [0.29, 0.717) is 33.4 Å². The van der Waals surface area contributed by atoms with Crippen LogP contribution in [0.2, 0.25) is 5.02 Å². The van der Waals surface area contributed by atoms with Gasteiger partial charge in [0.2, 0.25) is 5.91 Å². The summed E-state index contributed by atoms with van der Waals surface area (Å²) in [6.07, 6.45) is 0. The number of ether oxygens (including phenoxy) is 1. The summed E-state index contributed by atoms with van der Waals surface area (Å²) < 4.78 is 5.45. The molecule has 0 aliphatic carbocycles. The average Bonchev–Trinajstić information content (AvgIpc) is 3.03. The van der Waals surface area contributed by atoms with Gasteiger partial charge in [-0.2, -0.15) is 0 Å². The highest BCUT2D eigenvalue weighted by Gasteiger charge is 2.41. The van der Waals surface area contributed by atoms with Crippen LogP contribution in [0.25, 0.3) is 5.57 Å². The Labute approximate surface area is 195 Å². The van der Waals surface area contributed by atoms with Crippen molar-refractivity contribution in [1.82, 2.24) is 0 Å². The first-order valence-corrected chi connectivity index (χ1v) is 10.4. The zero-order valence-electron chi connectivity index (χ0n) is 17.9. The van der Waals surface area contributed by atoms with Crippen LogP contribution in [0.1, 0.15) is 12.5 Å². The van der Waals surface area contributed by atoms with Gasteiger partial charge in [0, 0.05) is 28.9 Å². The highest BCUT2D eigenvalue weighted by molar-refractivity contribution is 6.46. The Balaban J connectivity index is 1.79. The Morgan fingerprint density at radius 3 is 2.27 bits per heavy atom. The van der Waals surface area contributed by atoms with Gasteiger partial charge in [0.15, 0.2) is 0 Å². The number of amides is 3. The van der Waals surface area contributed by atoms with E-state index in [1.54, 1.807) is 72.8 Å². The van der Waals surface area contributed by atoms with Gasteiger partial charge in [-0.25, -0.2) is 4.90 Å². The maximum Gasteiger partial charge on any atom is 0.282 e. The molecule has 0 fully saturated rings. The van der Waals surface area contributed by atoms with Crippen molar-refractivity contribution < 1.29 is 19.1 Å².